The summed E-state index contributed by atoms with van der Waals surface area (Å²) in [4.78, 5) is 2.37. The topological polar surface area (TPSA) is 53.8 Å². The molecular formula is C15H24N2O3S2. The normalized spacial score (nSPS) is 23.9. The molecule has 3 rings (SSSR count). The molecule has 0 N–H and O–H groups in total. The van der Waals surface area contributed by atoms with Crippen LogP contribution in [0.2, 0.25) is 0 Å². The van der Waals surface area contributed by atoms with Crippen molar-refractivity contribution >= 4 is 21.8 Å². The van der Waals surface area contributed by atoms with Crippen LogP contribution in [0.5, 0.6) is 0 Å². The minimum absolute atomic E-state index is 0.0913. The lowest BCUT2D eigenvalue weighted by atomic mass is 10.1. The molecule has 0 unspecified atom stereocenters. The number of thioether (sulfide) groups is 1. The van der Waals surface area contributed by atoms with Crippen molar-refractivity contribution in [3.05, 3.63) is 17.9 Å². The fourth-order valence-corrected chi connectivity index (χ4v) is 5.63. The van der Waals surface area contributed by atoms with Gasteiger partial charge in [-0.3, -0.25) is 4.90 Å². The summed E-state index contributed by atoms with van der Waals surface area (Å²) in [5.41, 5.74) is 0.115. The number of furan rings is 1. The van der Waals surface area contributed by atoms with Crippen LogP contribution >= 0.6 is 11.8 Å². The fourth-order valence-electron chi connectivity index (χ4n) is 3.01. The van der Waals surface area contributed by atoms with E-state index in [4.69, 9.17) is 4.42 Å². The Hall–Kier alpha value is -0.500. The van der Waals surface area contributed by atoms with Crippen molar-refractivity contribution in [2.24, 2.45) is 0 Å². The summed E-state index contributed by atoms with van der Waals surface area (Å²) in [6, 6.07) is 3.41. The van der Waals surface area contributed by atoms with Gasteiger partial charge in [0.05, 0.1) is 6.54 Å². The first kappa shape index (κ1) is 16.4. The second-order valence-electron chi connectivity index (χ2n) is 6.62. The van der Waals surface area contributed by atoms with Crippen LogP contribution in [0.1, 0.15) is 32.4 Å². The van der Waals surface area contributed by atoms with Gasteiger partial charge in [0, 0.05) is 36.7 Å². The zero-order valence-electron chi connectivity index (χ0n) is 13.2. The second kappa shape index (κ2) is 6.19. The highest BCUT2D eigenvalue weighted by Gasteiger charge is 2.32. The minimum Gasteiger partial charge on any atom is -0.447 e. The molecule has 2 saturated heterocycles. The molecule has 0 saturated carbocycles. The van der Waals surface area contributed by atoms with E-state index in [1.54, 1.807) is 12.1 Å². The summed E-state index contributed by atoms with van der Waals surface area (Å²) in [6.45, 7) is 7.34. The van der Waals surface area contributed by atoms with Gasteiger partial charge in [-0.25, -0.2) is 8.42 Å². The Kier molecular flexibility index (Phi) is 4.60. The molecule has 0 aliphatic carbocycles. The second-order valence-corrected chi connectivity index (χ2v) is 9.59. The molecule has 2 aliphatic rings. The Morgan fingerprint density at radius 3 is 2.64 bits per heavy atom. The molecule has 3 heterocycles. The zero-order chi connectivity index (χ0) is 15.8. The van der Waals surface area contributed by atoms with Gasteiger partial charge in [0.1, 0.15) is 5.76 Å². The maximum absolute atomic E-state index is 12.5. The Bertz CT molecular complexity index is 618. The van der Waals surface area contributed by atoms with Gasteiger partial charge in [-0.2, -0.15) is 16.1 Å². The van der Waals surface area contributed by atoms with Gasteiger partial charge in [0.25, 0.3) is 10.0 Å². The quantitative estimate of drug-likeness (QED) is 0.839. The van der Waals surface area contributed by atoms with Gasteiger partial charge in [-0.1, -0.05) is 0 Å². The molecule has 22 heavy (non-hydrogen) atoms. The van der Waals surface area contributed by atoms with Crippen LogP contribution in [-0.2, 0) is 16.6 Å². The first-order chi connectivity index (χ1) is 10.4. The molecule has 0 amide bonds. The molecule has 0 aromatic carbocycles. The van der Waals surface area contributed by atoms with E-state index >= 15 is 0 Å². The van der Waals surface area contributed by atoms with Crippen molar-refractivity contribution in [1.29, 1.82) is 0 Å². The smallest absolute Gasteiger partial charge is 0.276 e. The number of sulfonamides is 1. The van der Waals surface area contributed by atoms with Crippen molar-refractivity contribution in [2.75, 3.05) is 31.1 Å². The Labute approximate surface area is 137 Å². The van der Waals surface area contributed by atoms with Crippen molar-refractivity contribution in [3.63, 3.8) is 0 Å². The van der Waals surface area contributed by atoms with E-state index < -0.39 is 10.0 Å². The largest absolute Gasteiger partial charge is 0.447 e. The summed E-state index contributed by atoms with van der Waals surface area (Å²) in [5.74, 6) is 2.94. The van der Waals surface area contributed by atoms with Gasteiger partial charge in [0.2, 0.25) is 5.09 Å². The number of hydrogen-bond donors (Lipinski definition) is 0. The SMILES string of the molecule is CC1(C)CSCCN1Cc1ccc(S(=O)(=O)N2CCCC2)o1. The molecule has 0 bridgehead atoms. The van der Waals surface area contributed by atoms with Gasteiger partial charge in [0.15, 0.2) is 0 Å². The summed E-state index contributed by atoms with van der Waals surface area (Å²) >= 11 is 1.97. The third kappa shape index (κ3) is 3.22. The van der Waals surface area contributed by atoms with Crippen LogP contribution in [0, 0.1) is 0 Å². The maximum Gasteiger partial charge on any atom is 0.276 e. The van der Waals surface area contributed by atoms with E-state index in [0.29, 0.717) is 19.6 Å². The molecule has 7 heteroatoms. The summed E-state index contributed by atoms with van der Waals surface area (Å²) in [7, 11) is -3.44. The van der Waals surface area contributed by atoms with E-state index in [9.17, 15) is 8.42 Å². The van der Waals surface area contributed by atoms with Crippen molar-refractivity contribution in [2.45, 2.75) is 43.9 Å². The lowest BCUT2D eigenvalue weighted by Gasteiger charge is -2.41. The standard InChI is InChI=1S/C15H24N2O3S2/c1-15(2)12-21-10-9-16(15)11-13-5-6-14(20-13)22(18,19)17-7-3-4-8-17/h5-6H,3-4,7-12H2,1-2H3. The molecule has 1 aromatic heterocycles. The number of hydrogen-bond acceptors (Lipinski definition) is 5. The van der Waals surface area contributed by atoms with Gasteiger partial charge in [-0.15, -0.1) is 0 Å². The van der Waals surface area contributed by atoms with Crippen LogP contribution in [0.3, 0.4) is 0 Å². The minimum atomic E-state index is -3.44. The highest BCUT2D eigenvalue weighted by molar-refractivity contribution is 7.99. The Morgan fingerprint density at radius 2 is 1.95 bits per heavy atom. The molecule has 0 atom stereocenters. The van der Waals surface area contributed by atoms with Crippen LogP contribution in [0.25, 0.3) is 0 Å². The van der Waals surface area contributed by atoms with Crippen molar-refractivity contribution < 1.29 is 12.8 Å². The first-order valence-corrected chi connectivity index (χ1v) is 10.4. The predicted octanol–water partition coefficient (Wildman–Crippen LogP) is 2.39. The Balaban J connectivity index is 1.73. The van der Waals surface area contributed by atoms with E-state index in [1.165, 1.54) is 4.31 Å². The van der Waals surface area contributed by atoms with Crippen molar-refractivity contribution in [3.8, 4) is 0 Å². The molecule has 0 spiro atoms. The highest BCUT2D eigenvalue weighted by Crippen LogP contribution is 2.29. The molecule has 1 aromatic rings. The first-order valence-electron chi connectivity index (χ1n) is 7.81. The third-order valence-electron chi connectivity index (χ3n) is 4.46. The van der Waals surface area contributed by atoms with Crippen LogP contribution in [-0.4, -0.2) is 54.3 Å². The molecule has 2 aliphatic heterocycles. The van der Waals surface area contributed by atoms with Gasteiger partial charge >= 0.3 is 0 Å². The van der Waals surface area contributed by atoms with Crippen LogP contribution < -0.4 is 0 Å². The zero-order valence-corrected chi connectivity index (χ0v) is 14.9. The van der Waals surface area contributed by atoms with E-state index in [1.807, 2.05) is 11.8 Å². The molecule has 0 radical (unpaired) electrons. The number of nitrogens with zero attached hydrogens (tertiary/aromatic N) is 2. The molecular weight excluding hydrogens is 320 g/mol. The predicted molar refractivity (Wildman–Crippen MR) is 88.5 cm³/mol. The summed E-state index contributed by atoms with van der Waals surface area (Å²) in [6.07, 6.45) is 1.87. The van der Waals surface area contributed by atoms with E-state index in [-0.39, 0.29) is 10.6 Å². The molecule has 5 nitrogen and oxygen atoms in total. The van der Waals surface area contributed by atoms with Crippen LogP contribution in [0.4, 0.5) is 0 Å². The average Bonchev–Trinajstić information content (AvgIpc) is 3.12. The molecule has 2 fully saturated rings. The summed E-state index contributed by atoms with van der Waals surface area (Å²) < 4.78 is 32.2. The highest BCUT2D eigenvalue weighted by atomic mass is 32.2. The van der Waals surface area contributed by atoms with Crippen LogP contribution in [0.15, 0.2) is 21.6 Å². The maximum atomic E-state index is 12.5. The van der Waals surface area contributed by atoms with Gasteiger partial charge in [-0.05, 0) is 38.8 Å². The number of rotatable bonds is 4. The Morgan fingerprint density at radius 1 is 1.23 bits per heavy atom. The lowest BCUT2D eigenvalue weighted by Crippen LogP contribution is -2.49. The molecule has 124 valence electrons. The van der Waals surface area contributed by atoms with Crippen molar-refractivity contribution in [1.82, 2.24) is 9.21 Å². The fraction of sp³-hybridized carbons (Fsp3) is 0.733. The van der Waals surface area contributed by atoms with E-state index in [2.05, 4.69) is 18.7 Å². The lowest BCUT2D eigenvalue weighted by molar-refractivity contribution is 0.123. The summed E-state index contributed by atoms with van der Waals surface area (Å²) in [5, 5.41) is 0.0913. The van der Waals surface area contributed by atoms with Gasteiger partial charge < -0.3 is 4.42 Å². The average molecular weight is 345 g/mol. The third-order valence-corrected chi connectivity index (χ3v) is 7.61. The van der Waals surface area contributed by atoms with E-state index in [0.717, 1.165) is 36.7 Å². The monoisotopic (exact) mass is 344 g/mol.